The summed E-state index contributed by atoms with van der Waals surface area (Å²) in [4.78, 5) is 7.55. The van der Waals surface area contributed by atoms with Crippen molar-refractivity contribution < 1.29 is 4.42 Å². The second-order valence-electron chi connectivity index (χ2n) is 23.4. The van der Waals surface area contributed by atoms with Gasteiger partial charge in [-0.1, -0.05) is 217 Å². The molecular weight excluding hydrogens is 958 g/mol. The second kappa shape index (κ2) is 18.7. The fourth-order valence-corrected chi connectivity index (χ4v) is 12.2. The summed E-state index contributed by atoms with van der Waals surface area (Å²) in [6, 6.07) is 94.1. The summed E-state index contributed by atoms with van der Waals surface area (Å²) < 4.78 is 7.21. The van der Waals surface area contributed by atoms with E-state index in [4.69, 9.17) is 4.42 Å². The Balaban J connectivity index is 1.07. The van der Waals surface area contributed by atoms with Crippen molar-refractivity contribution in [1.82, 2.24) is 0 Å². The summed E-state index contributed by atoms with van der Waals surface area (Å²) >= 11 is 0. The number of anilines is 8. The van der Waals surface area contributed by atoms with Gasteiger partial charge in [0.1, 0.15) is 5.58 Å². The molecule has 1 aromatic heterocycles. The Morgan fingerprint density at radius 3 is 1.42 bits per heavy atom. The third kappa shape index (κ3) is 8.31. The third-order valence-electron chi connectivity index (χ3n) is 16.4. The van der Waals surface area contributed by atoms with Gasteiger partial charge in [-0.15, -0.1) is 0 Å². The Bertz CT molecular complexity index is 4180. The molecule has 0 saturated carbocycles. The van der Waals surface area contributed by atoms with Gasteiger partial charge in [0.15, 0.2) is 5.58 Å². The Morgan fingerprint density at radius 1 is 0.380 bits per heavy atom. The van der Waals surface area contributed by atoms with Gasteiger partial charge in [0.25, 0.3) is 0 Å². The minimum atomic E-state index is -0.281. The molecule has 380 valence electrons. The number of para-hydroxylation sites is 1. The van der Waals surface area contributed by atoms with E-state index >= 15 is 0 Å². The van der Waals surface area contributed by atoms with Crippen LogP contribution in [0, 0.1) is 0 Å². The van der Waals surface area contributed by atoms with Crippen LogP contribution in [0.3, 0.4) is 0 Å². The molecule has 11 aromatic carbocycles. The molecule has 3 heterocycles. The van der Waals surface area contributed by atoms with Crippen molar-refractivity contribution in [2.45, 2.75) is 52.4 Å². The van der Waals surface area contributed by atoms with Crippen LogP contribution >= 0.6 is 0 Å². The largest absolute Gasteiger partial charge is 0.454 e. The quantitative estimate of drug-likeness (QED) is 0.142. The van der Waals surface area contributed by atoms with Crippen molar-refractivity contribution in [3.05, 3.63) is 266 Å². The number of furan rings is 1. The molecule has 14 rings (SSSR count). The molecule has 0 spiro atoms. The van der Waals surface area contributed by atoms with E-state index < -0.39 is 0 Å². The molecule has 0 N–H and O–H groups in total. The van der Waals surface area contributed by atoms with Gasteiger partial charge in [0.2, 0.25) is 0 Å². The lowest BCUT2D eigenvalue weighted by Crippen LogP contribution is -2.61. The van der Waals surface area contributed by atoms with E-state index in [1.165, 1.54) is 55.4 Å². The maximum atomic E-state index is 7.21. The molecule has 0 atom stereocenters. The summed E-state index contributed by atoms with van der Waals surface area (Å²) in [5, 5.41) is 2.19. The van der Waals surface area contributed by atoms with Crippen molar-refractivity contribution >= 4 is 85.2 Å². The Kier molecular flexibility index (Phi) is 11.4. The van der Waals surface area contributed by atoms with Crippen molar-refractivity contribution in [1.29, 1.82) is 0 Å². The molecule has 0 bridgehead atoms. The van der Waals surface area contributed by atoms with Crippen LogP contribution in [0.15, 0.2) is 259 Å². The van der Waals surface area contributed by atoms with Crippen LogP contribution in [-0.2, 0) is 10.8 Å². The highest BCUT2D eigenvalue weighted by atomic mass is 16.3. The monoisotopic (exact) mass is 1020 g/mol. The molecule has 79 heavy (non-hydrogen) atoms. The minimum Gasteiger partial charge on any atom is -0.454 e. The molecule has 0 amide bonds. The summed E-state index contributed by atoms with van der Waals surface area (Å²) in [6.07, 6.45) is 0. The number of hydrogen-bond acceptors (Lipinski definition) is 4. The normalized spacial score (nSPS) is 12.9. The van der Waals surface area contributed by atoms with Crippen LogP contribution in [-0.4, -0.2) is 6.85 Å². The van der Waals surface area contributed by atoms with Gasteiger partial charge < -0.3 is 19.0 Å². The van der Waals surface area contributed by atoms with Gasteiger partial charge in [-0.2, -0.15) is 0 Å². The molecule has 5 heteroatoms. The fraction of sp³-hybridized carbons (Fsp3) is 0.108. The molecule has 2 aliphatic heterocycles. The first-order valence-electron chi connectivity index (χ1n) is 27.7. The predicted octanol–water partition coefficient (Wildman–Crippen LogP) is 19.4. The average molecular weight is 1020 g/mol. The molecule has 2 aliphatic rings. The van der Waals surface area contributed by atoms with Crippen LogP contribution < -0.4 is 25.5 Å². The molecule has 0 unspecified atom stereocenters. The molecule has 0 fully saturated rings. The topological polar surface area (TPSA) is 22.9 Å². The van der Waals surface area contributed by atoms with Crippen molar-refractivity contribution in [2.75, 3.05) is 14.6 Å². The van der Waals surface area contributed by atoms with Crippen molar-refractivity contribution in [3.8, 4) is 44.5 Å². The lowest BCUT2D eigenvalue weighted by Gasteiger charge is -2.46. The van der Waals surface area contributed by atoms with E-state index in [0.29, 0.717) is 0 Å². The van der Waals surface area contributed by atoms with Gasteiger partial charge >= 0.3 is 6.85 Å². The first-order chi connectivity index (χ1) is 38.4. The standard InChI is InChI=1S/C74H60BN3O/c1-73(2,3)55-31-39-57(40-32-55)76(58-41-33-56(34-42-58)74(4,5)6)61-43-44-62-64-48-65-63-24-16-17-25-69(63)79-72(65)71-70(64)75(78(68(62)47-61)60-37-28-53(29-38-60)50-20-12-8-13-21-50)66-46-54(51-22-14-9-15-23-51)30-45-67(66)77(71)59-35-26-52(27-36-59)49-18-10-7-11-19-49/h7-48H,1-6H3. The first-order valence-corrected chi connectivity index (χ1v) is 27.7. The number of benzene rings is 11. The number of rotatable bonds is 8. The van der Waals surface area contributed by atoms with Crippen molar-refractivity contribution in [3.63, 3.8) is 0 Å². The first kappa shape index (κ1) is 48.1. The van der Waals surface area contributed by atoms with Gasteiger partial charge in [0.05, 0.1) is 5.69 Å². The lowest BCUT2D eigenvalue weighted by molar-refractivity contribution is 0.590. The van der Waals surface area contributed by atoms with Crippen LogP contribution in [0.2, 0.25) is 0 Å². The Morgan fingerprint density at radius 2 is 0.861 bits per heavy atom. The van der Waals surface area contributed by atoms with Crippen LogP contribution in [0.1, 0.15) is 52.7 Å². The second-order valence-corrected chi connectivity index (χ2v) is 23.4. The van der Waals surface area contributed by atoms with E-state index in [1.807, 2.05) is 0 Å². The average Bonchev–Trinajstić information content (AvgIpc) is 2.91. The maximum absolute atomic E-state index is 7.21. The number of hydrogen-bond donors (Lipinski definition) is 0. The van der Waals surface area contributed by atoms with E-state index in [-0.39, 0.29) is 17.7 Å². The summed E-state index contributed by atoms with van der Waals surface area (Å²) in [5.41, 5.74) is 24.9. The highest BCUT2D eigenvalue weighted by molar-refractivity contribution is 6.94. The summed E-state index contributed by atoms with van der Waals surface area (Å²) in [5.74, 6) is 0. The lowest BCUT2D eigenvalue weighted by atomic mass is 9.43. The third-order valence-corrected chi connectivity index (χ3v) is 16.4. The smallest absolute Gasteiger partial charge is 0.333 e. The zero-order valence-electron chi connectivity index (χ0n) is 45.6. The maximum Gasteiger partial charge on any atom is 0.333 e. The summed E-state index contributed by atoms with van der Waals surface area (Å²) in [7, 11) is 0. The SMILES string of the molecule is CC(C)(C)c1ccc(N(c2ccc(C(C)(C)C)cc2)c2ccc3c(c2)N(c2ccc(-c4ccccc4)cc2)B2c4cc(-c5ccccc5)ccc4N(c4ccc(-c5ccccc5)cc4)c4c2c-3cc2c4oc3ccccc32)cc1. The number of nitrogens with zero attached hydrogens (tertiary/aromatic N) is 3. The molecule has 12 aromatic rings. The molecular formula is C74H60BN3O. The zero-order chi connectivity index (χ0) is 53.6. The van der Waals surface area contributed by atoms with Crippen LogP contribution in [0.4, 0.5) is 45.5 Å². The van der Waals surface area contributed by atoms with Gasteiger partial charge in [-0.05, 0) is 151 Å². The number of fused-ring (bicyclic) bond motifs is 8. The Labute approximate surface area is 464 Å². The summed E-state index contributed by atoms with van der Waals surface area (Å²) in [6.45, 7) is 13.4. The van der Waals surface area contributed by atoms with Gasteiger partial charge in [0, 0.05) is 56.1 Å². The molecule has 4 nitrogen and oxygen atoms in total. The zero-order valence-corrected chi connectivity index (χ0v) is 45.6. The Hall–Kier alpha value is -9.32. The van der Waals surface area contributed by atoms with E-state index in [0.717, 1.165) is 78.6 Å². The van der Waals surface area contributed by atoms with Crippen LogP contribution in [0.5, 0.6) is 0 Å². The van der Waals surface area contributed by atoms with Crippen molar-refractivity contribution in [2.24, 2.45) is 0 Å². The van der Waals surface area contributed by atoms with E-state index in [1.54, 1.807) is 0 Å². The highest BCUT2D eigenvalue weighted by Gasteiger charge is 2.47. The van der Waals surface area contributed by atoms with E-state index in [2.05, 4.69) is 311 Å². The molecule has 0 saturated heterocycles. The minimum absolute atomic E-state index is 0.00985. The fourth-order valence-electron chi connectivity index (χ4n) is 12.2. The van der Waals surface area contributed by atoms with Gasteiger partial charge in [-0.3, -0.25) is 0 Å². The molecule has 0 aliphatic carbocycles. The highest BCUT2D eigenvalue weighted by Crippen LogP contribution is 2.52. The van der Waals surface area contributed by atoms with Gasteiger partial charge in [-0.25, -0.2) is 0 Å². The van der Waals surface area contributed by atoms with E-state index in [9.17, 15) is 0 Å². The predicted molar refractivity (Wildman–Crippen MR) is 336 cm³/mol. The van der Waals surface area contributed by atoms with Crippen LogP contribution in [0.25, 0.3) is 66.4 Å². The molecule has 0 radical (unpaired) electrons.